The van der Waals surface area contributed by atoms with Crippen LogP contribution in [0.15, 0.2) is 35.0 Å². The maximum Gasteiger partial charge on any atom is 0.118 e. The fourth-order valence-electron chi connectivity index (χ4n) is 2.81. The average Bonchev–Trinajstić information content (AvgIpc) is 3.10. The molecule has 2 aromatic heterocycles. The summed E-state index contributed by atoms with van der Waals surface area (Å²) >= 11 is 0. The molecule has 3 heterocycles. The van der Waals surface area contributed by atoms with E-state index in [1.807, 2.05) is 12.3 Å². The number of furan rings is 1. The molecule has 102 valence electrons. The topological polar surface area (TPSA) is 34.2 Å². The van der Waals surface area contributed by atoms with Crippen molar-refractivity contribution in [3.8, 4) is 0 Å². The zero-order valence-electron chi connectivity index (χ0n) is 11.5. The summed E-state index contributed by atoms with van der Waals surface area (Å²) in [4.78, 5) is 2.47. The highest BCUT2D eigenvalue weighted by Gasteiger charge is 2.22. The van der Waals surface area contributed by atoms with Crippen molar-refractivity contribution >= 4 is 0 Å². The lowest BCUT2D eigenvalue weighted by Gasteiger charge is -2.32. The minimum absolute atomic E-state index is 0.504. The Morgan fingerprint density at radius 3 is 3.00 bits per heavy atom. The molecule has 19 heavy (non-hydrogen) atoms. The number of hydrogen-bond acceptors (Lipinski definition) is 3. The second-order valence-corrected chi connectivity index (χ2v) is 5.24. The normalized spacial score (nSPS) is 20.8. The monoisotopic (exact) mass is 259 g/mol. The van der Waals surface area contributed by atoms with E-state index in [-0.39, 0.29) is 0 Å². The first-order valence-electron chi connectivity index (χ1n) is 7.14. The Kier molecular flexibility index (Phi) is 3.69. The van der Waals surface area contributed by atoms with Gasteiger partial charge in [0.1, 0.15) is 11.5 Å². The molecule has 1 aliphatic rings. The van der Waals surface area contributed by atoms with Crippen LogP contribution >= 0.6 is 0 Å². The molecule has 0 aliphatic carbocycles. The molecule has 0 N–H and O–H groups in total. The van der Waals surface area contributed by atoms with Crippen molar-refractivity contribution in [1.82, 2.24) is 14.7 Å². The maximum absolute atomic E-state index is 5.80. The summed E-state index contributed by atoms with van der Waals surface area (Å²) < 4.78 is 7.89. The van der Waals surface area contributed by atoms with Crippen LogP contribution in [0.3, 0.4) is 0 Å². The summed E-state index contributed by atoms with van der Waals surface area (Å²) in [5, 5.41) is 4.37. The first-order chi connectivity index (χ1) is 9.35. The van der Waals surface area contributed by atoms with Crippen molar-refractivity contribution in [3.05, 3.63) is 42.1 Å². The molecule has 0 bridgehead atoms. The molecule has 0 radical (unpaired) electrons. The van der Waals surface area contributed by atoms with Crippen molar-refractivity contribution in [2.45, 2.75) is 38.8 Å². The average molecular weight is 259 g/mol. The second kappa shape index (κ2) is 5.61. The molecule has 0 amide bonds. The number of hydrogen-bond donors (Lipinski definition) is 0. The van der Waals surface area contributed by atoms with Gasteiger partial charge in [0.2, 0.25) is 0 Å². The van der Waals surface area contributed by atoms with E-state index < -0.39 is 0 Å². The molecule has 2 aromatic rings. The third kappa shape index (κ3) is 2.89. The van der Waals surface area contributed by atoms with Gasteiger partial charge >= 0.3 is 0 Å². The Morgan fingerprint density at radius 2 is 2.26 bits per heavy atom. The van der Waals surface area contributed by atoms with Crippen LogP contribution in [0.25, 0.3) is 0 Å². The van der Waals surface area contributed by atoms with Gasteiger partial charge in [-0.1, -0.05) is 6.92 Å². The van der Waals surface area contributed by atoms with E-state index in [9.17, 15) is 0 Å². The second-order valence-electron chi connectivity index (χ2n) is 5.24. The number of piperidine rings is 1. The van der Waals surface area contributed by atoms with E-state index in [0.29, 0.717) is 6.04 Å². The van der Waals surface area contributed by atoms with Crippen LogP contribution < -0.4 is 0 Å². The van der Waals surface area contributed by atoms with Gasteiger partial charge in [-0.3, -0.25) is 9.58 Å². The standard InChI is InChI=1S/C15H21N3O/c1-2-14-6-7-15(19-14)12-17-9-3-5-13(11-17)18-10-4-8-16-18/h4,6-8,10,13H,2-3,5,9,11-12H2,1H3/t13-/m0/s1. The van der Waals surface area contributed by atoms with Crippen LogP contribution in [0.5, 0.6) is 0 Å². The Hall–Kier alpha value is -1.55. The minimum Gasteiger partial charge on any atom is -0.465 e. The fourth-order valence-corrected chi connectivity index (χ4v) is 2.81. The van der Waals surface area contributed by atoms with Crippen LogP contribution in [-0.4, -0.2) is 27.8 Å². The first kappa shape index (κ1) is 12.5. The number of aromatic nitrogens is 2. The Labute approximate surface area is 114 Å². The molecule has 0 aromatic carbocycles. The molecule has 0 spiro atoms. The van der Waals surface area contributed by atoms with Gasteiger partial charge in [0.25, 0.3) is 0 Å². The Bertz CT molecular complexity index is 503. The van der Waals surface area contributed by atoms with E-state index in [4.69, 9.17) is 4.42 Å². The van der Waals surface area contributed by atoms with Crippen molar-refractivity contribution in [2.24, 2.45) is 0 Å². The molecule has 1 fully saturated rings. The van der Waals surface area contributed by atoms with E-state index in [1.165, 1.54) is 12.8 Å². The van der Waals surface area contributed by atoms with Crippen molar-refractivity contribution in [3.63, 3.8) is 0 Å². The van der Waals surface area contributed by atoms with Gasteiger partial charge in [-0.15, -0.1) is 0 Å². The first-order valence-corrected chi connectivity index (χ1v) is 7.14. The smallest absolute Gasteiger partial charge is 0.118 e. The lowest BCUT2D eigenvalue weighted by atomic mass is 10.1. The highest BCUT2D eigenvalue weighted by atomic mass is 16.3. The molecule has 1 aliphatic heterocycles. The Morgan fingerprint density at radius 1 is 1.37 bits per heavy atom. The molecule has 3 rings (SSSR count). The van der Waals surface area contributed by atoms with Gasteiger partial charge in [-0.25, -0.2) is 0 Å². The maximum atomic E-state index is 5.80. The molecule has 1 atom stereocenters. The van der Waals surface area contributed by atoms with Crippen molar-refractivity contribution < 1.29 is 4.42 Å². The zero-order valence-corrected chi connectivity index (χ0v) is 11.5. The minimum atomic E-state index is 0.504. The SMILES string of the molecule is CCc1ccc(CN2CCC[C@H](n3cccn3)C2)o1. The molecular weight excluding hydrogens is 238 g/mol. The van der Waals surface area contributed by atoms with Crippen molar-refractivity contribution in [2.75, 3.05) is 13.1 Å². The van der Waals surface area contributed by atoms with Crippen LogP contribution in [0.4, 0.5) is 0 Å². The third-order valence-corrected chi connectivity index (χ3v) is 3.82. The number of rotatable bonds is 4. The van der Waals surface area contributed by atoms with Gasteiger partial charge in [-0.05, 0) is 37.6 Å². The molecular formula is C15H21N3O. The van der Waals surface area contributed by atoms with E-state index >= 15 is 0 Å². The summed E-state index contributed by atoms with van der Waals surface area (Å²) in [6, 6.07) is 6.70. The predicted molar refractivity (Wildman–Crippen MR) is 73.9 cm³/mol. The summed E-state index contributed by atoms with van der Waals surface area (Å²) in [7, 11) is 0. The van der Waals surface area contributed by atoms with E-state index in [1.54, 1.807) is 0 Å². The third-order valence-electron chi connectivity index (χ3n) is 3.82. The van der Waals surface area contributed by atoms with Crippen LogP contribution in [0.2, 0.25) is 0 Å². The van der Waals surface area contributed by atoms with E-state index in [2.05, 4.69) is 39.9 Å². The van der Waals surface area contributed by atoms with Gasteiger partial charge < -0.3 is 4.42 Å². The van der Waals surface area contributed by atoms with Gasteiger partial charge in [-0.2, -0.15) is 5.10 Å². The summed E-state index contributed by atoms with van der Waals surface area (Å²) in [5.41, 5.74) is 0. The van der Waals surface area contributed by atoms with Crippen LogP contribution in [0, 0.1) is 0 Å². The Balaban J connectivity index is 1.62. The van der Waals surface area contributed by atoms with Gasteiger partial charge in [0.15, 0.2) is 0 Å². The number of likely N-dealkylation sites (tertiary alicyclic amines) is 1. The highest BCUT2D eigenvalue weighted by molar-refractivity contribution is 5.07. The fraction of sp³-hybridized carbons (Fsp3) is 0.533. The summed E-state index contributed by atoms with van der Waals surface area (Å²) in [5.74, 6) is 2.16. The molecule has 0 saturated carbocycles. The van der Waals surface area contributed by atoms with Gasteiger partial charge in [0.05, 0.1) is 12.6 Å². The quantitative estimate of drug-likeness (QED) is 0.846. The summed E-state index contributed by atoms with van der Waals surface area (Å²) in [6.45, 7) is 5.25. The van der Waals surface area contributed by atoms with Gasteiger partial charge in [0, 0.05) is 25.4 Å². The summed E-state index contributed by atoms with van der Waals surface area (Å²) in [6.07, 6.45) is 7.34. The molecule has 4 heteroatoms. The lowest BCUT2D eigenvalue weighted by molar-refractivity contribution is 0.153. The van der Waals surface area contributed by atoms with Crippen LogP contribution in [-0.2, 0) is 13.0 Å². The lowest BCUT2D eigenvalue weighted by Crippen LogP contribution is -2.36. The predicted octanol–water partition coefficient (Wildman–Crippen LogP) is 2.88. The van der Waals surface area contributed by atoms with Crippen molar-refractivity contribution in [1.29, 1.82) is 0 Å². The zero-order chi connectivity index (χ0) is 13.1. The largest absolute Gasteiger partial charge is 0.465 e. The van der Waals surface area contributed by atoms with Crippen LogP contribution in [0.1, 0.15) is 37.3 Å². The van der Waals surface area contributed by atoms with E-state index in [0.717, 1.165) is 37.6 Å². The molecule has 1 saturated heterocycles. The highest BCUT2D eigenvalue weighted by Crippen LogP contribution is 2.22. The number of nitrogens with zero attached hydrogens (tertiary/aromatic N) is 3. The molecule has 4 nitrogen and oxygen atoms in total. The number of aryl methyl sites for hydroxylation is 1. The molecule has 0 unspecified atom stereocenters.